The van der Waals surface area contributed by atoms with Crippen LogP contribution in [0.4, 0.5) is 0 Å². The van der Waals surface area contributed by atoms with Crippen LogP contribution in [0.15, 0.2) is 48.9 Å². The van der Waals surface area contributed by atoms with Crippen molar-refractivity contribution >= 4 is 16.8 Å². The second kappa shape index (κ2) is 6.41. The van der Waals surface area contributed by atoms with Crippen molar-refractivity contribution in [3.8, 4) is 0 Å². The highest BCUT2D eigenvalue weighted by atomic mass is 16.1. The number of carbonyl (C=O) groups excluding carboxylic acids is 1. The molecule has 2 aromatic heterocycles. The lowest BCUT2D eigenvalue weighted by molar-refractivity contribution is 0.0903. The summed E-state index contributed by atoms with van der Waals surface area (Å²) in [5.41, 5.74) is 1.53. The van der Waals surface area contributed by atoms with E-state index in [1.807, 2.05) is 30.5 Å². The molecular weight excluding hydrogens is 302 g/mol. The molecule has 1 fully saturated rings. The molecule has 122 valence electrons. The zero-order chi connectivity index (χ0) is 16.4. The number of rotatable bonds is 5. The third-order valence-electron chi connectivity index (χ3n) is 4.48. The molecule has 1 amide bonds. The summed E-state index contributed by atoms with van der Waals surface area (Å²) < 4.78 is 0. The first-order valence-electron chi connectivity index (χ1n) is 8.16. The molecule has 1 saturated carbocycles. The molecule has 2 heterocycles. The number of benzene rings is 1. The van der Waals surface area contributed by atoms with E-state index < -0.39 is 0 Å². The lowest BCUT2D eigenvalue weighted by Crippen LogP contribution is -2.52. The van der Waals surface area contributed by atoms with E-state index >= 15 is 0 Å². The molecule has 0 spiro atoms. The molecule has 0 radical (unpaired) electrons. The van der Waals surface area contributed by atoms with Gasteiger partial charge in [-0.15, -0.1) is 0 Å². The average Bonchev–Trinajstić information content (AvgIpc) is 3.09. The maximum Gasteiger partial charge on any atom is 0.252 e. The standard InChI is InChI=1S/C18H19N5O/c24-18(15-5-6-19-16-4-2-1-3-14(15)16)23-13-9-12(10-13)22-11-17-20-7-8-21-17/h1-8,12-13,22H,9-11H2,(H,20,21)(H,23,24). The van der Waals surface area contributed by atoms with Gasteiger partial charge in [0.2, 0.25) is 0 Å². The van der Waals surface area contributed by atoms with Gasteiger partial charge in [-0.25, -0.2) is 4.98 Å². The molecule has 0 saturated heterocycles. The third kappa shape index (κ3) is 3.00. The smallest absolute Gasteiger partial charge is 0.252 e. The summed E-state index contributed by atoms with van der Waals surface area (Å²) in [7, 11) is 0. The number of aromatic amines is 1. The third-order valence-corrected chi connectivity index (χ3v) is 4.48. The van der Waals surface area contributed by atoms with Crippen LogP contribution in [0.5, 0.6) is 0 Å². The zero-order valence-corrected chi connectivity index (χ0v) is 13.2. The van der Waals surface area contributed by atoms with Crippen LogP contribution in [-0.2, 0) is 6.54 Å². The molecule has 6 heteroatoms. The Hall–Kier alpha value is -2.73. The van der Waals surface area contributed by atoms with Gasteiger partial charge in [-0.05, 0) is 25.0 Å². The van der Waals surface area contributed by atoms with Crippen LogP contribution in [0.1, 0.15) is 29.0 Å². The van der Waals surface area contributed by atoms with Crippen LogP contribution in [-0.4, -0.2) is 32.9 Å². The van der Waals surface area contributed by atoms with E-state index in [0.29, 0.717) is 11.6 Å². The van der Waals surface area contributed by atoms with E-state index in [4.69, 9.17) is 0 Å². The number of nitrogens with zero attached hydrogens (tertiary/aromatic N) is 2. The van der Waals surface area contributed by atoms with Gasteiger partial charge in [-0.2, -0.15) is 0 Å². The van der Waals surface area contributed by atoms with E-state index in [2.05, 4.69) is 25.6 Å². The van der Waals surface area contributed by atoms with Crippen molar-refractivity contribution in [1.29, 1.82) is 0 Å². The molecule has 1 aliphatic rings. The Balaban J connectivity index is 1.32. The second-order valence-electron chi connectivity index (χ2n) is 6.13. The summed E-state index contributed by atoms with van der Waals surface area (Å²) in [6.45, 7) is 0.729. The SMILES string of the molecule is O=C(NC1CC(NCc2ncc[nH]2)C1)c1ccnc2ccccc12. The molecule has 3 N–H and O–H groups in total. The van der Waals surface area contributed by atoms with Crippen molar-refractivity contribution in [3.05, 3.63) is 60.3 Å². The summed E-state index contributed by atoms with van der Waals surface area (Å²) in [5, 5.41) is 7.45. The molecule has 0 aliphatic heterocycles. The Morgan fingerprint density at radius 3 is 2.83 bits per heavy atom. The van der Waals surface area contributed by atoms with E-state index in [-0.39, 0.29) is 11.9 Å². The monoisotopic (exact) mass is 321 g/mol. The first-order chi connectivity index (χ1) is 11.8. The van der Waals surface area contributed by atoms with E-state index in [9.17, 15) is 4.79 Å². The molecule has 4 rings (SSSR count). The highest BCUT2D eigenvalue weighted by molar-refractivity contribution is 6.06. The number of H-pyrrole nitrogens is 1. The number of nitrogens with one attached hydrogen (secondary N) is 3. The van der Waals surface area contributed by atoms with Gasteiger partial charge in [0.05, 0.1) is 17.6 Å². The minimum atomic E-state index is -0.0249. The van der Waals surface area contributed by atoms with Crippen LogP contribution in [0, 0.1) is 0 Å². The summed E-state index contributed by atoms with van der Waals surface area (Å²) in [6, 6.07) is 10.1. The topological polar surface area (TPSA) is 82.7 Å². The molecule has 1 aliphatic carbocycles. The average molecular weight is 321 g/mol. The van der Waals surface area contributed by atoms with Crippen LogP contribution in [0.3, 0.4) is 0 Å². The molecule has 0 atom stereocenters. The van der Waals surface area contributed by atoms with E-state index in [1.54, 1.807) is 18.5 Å². The van der Waals surface area contributed by atoms with Crippen molar-refractivity contribution in [2.45, 2.75) is 31.5 Å². The van der Waals surface area contributed by atoms with Crippen molar-refractivity contribution in [3.63, 3.8) is 0 Å². The molecule has 3 aromatic rings. The van der Waals surface area contributed by atoms with Gasteiger partial charge in [0.25, 0.3) is 5.91 Å². The van der Waals surface area contributed by atoms with Crippen LogP contribution in [0.25, 0.3) is 10.9 Å². The molecule has 0 unspecified atom stereocenters. The highest BCUT2D eigenvalue weighted by Crippen LogP contribution is 2.22. The predicted molar refractivity (Wildman–Crippen MR) is 91.4 cm³/mol. The largest absolute Gasteiger partial charge is 0.349 e. The minimum Gasteiger partial charge on any atom is -0.349 e. The van der Waals surface area contributed by atoms with Gasteiger partial charge in [-0.3, -0.25) is 9.78 Å². The van der Waals surface area contributed by atoms with Crippen LogP contribution >= 0.6 is 0 Å². The Bertz CT molecular complexity index is 834. The summed E-state index contributed by atoms with van der Waals surface area (Å²) in [6.07, 6.45) is 7.14. The number of imidazole rings is 1. The highest BCUT2D eigenvalue weighted by Gasteiger charge is 2.30. The number of hydrogen-bond donors (Lipinski definition) is 3. The second-order valence-corrected chi connectivity index (χ2v) is 6.13. The van der Waals surface area contributed by atoms with Crippen molar-refractivity contribution in [1.82, 2.24) is 25.6 Å². The van der Waals surface area contributed by atoms with E-state index in [0.717, 1.165) is 36.1 Å². The fourth-order valence-corrected chi connectivity index (χ4v) is 3.10. The summed E-state index contributed by atoms with van der Waals surface area (Å²) in [4.78, 5) is 24.1. The van der Waals surface area contributed by atoms with Crippen molar-refractivity contribution < 1.29 is 4.79 Å². The maximum absolute atomic E-state index is 12.5. The van der Waals surface area contributed by atoms with Gasteiger partial charge >= 0.3 is 0 Å². The molecule has 0 bridgehead atoms. The Morgan fingerprint density at radius 1 is 1.12 bits per heavy atom. The summed E-state index contributed by atoms with van der Waals surface area (Å²) in [5.74, 6) is 0.911. The minimum absolute atomic E-state index is 0.0249. The number of para-hydroxylation sites is 1. The van der Waals surface area contributed by atoms with Crippen LogP contribution < -0.4 is 10.6 Å². The Kier molecular flexibility index (Phi) is 3.96. The maximum atomic E-state index is 12.5. The number of hydrogen-bond acceptors (Lipinski definition) is 4. The first-order valence-corrected chi connectivity index (χ1v) is 8.16. The van der Waals surface area contributed by atoms with Crippen molar-refractivity contribution in [2.24, 2.45) is 0 Å². The lowest BCUT2D eigenvalue weighted by Gasteiger charge is -2.36. The number of amides is 1. The Labute approximate surface area is 139 Å². The van der Waals surface area contributed by atoms with Crippen molar-refractivity contribution in [2.75, 3.05) is 0 Å². The quantitative estimate of drug-likeness (QED) is 0.671. The van der Waals surface area contributed by atoms with Gasteiger partial charge in [-0.1, -0.05) is 18.2 Å². The molecule has 6 nitrogen and oxygen atoms in total. The zero-order valence-electron chi connectivity index (χ0n) is 13.2. The fraction of sp³-hybridized carbons (Fsp3) is 0.278. The molecular formula is C18H19N5O. The molecule has 24 heavy (non-hydrogen) atoms. The fourth-order valence-electron chi connectivity index (χ4n) is 3.10. The first kappa shape index (κ1) is 14.8. The summed E-state index contributed by atoms with van der Waals surface area (Å²) >= 11 is 0. The number of pyridine rings is 1. The normalized spacial score (nSPS) is 19.8. The van der Waals surface area contributed by atoms with Crippen LogP contribution in [0.2, 0.25) is 0 Å². The van der Waals surface area contributed by atoms with E-state index in [1.165, 1.54) is 0 Å². The number of carbonyl (C=O) groups is 1. The van der Waals surface area contributed by atoms with Gasteiger partial charge in [0.1, 0.15) is 5.82 Å². The van der Waals surface area contributed by atoms with Gasteiger partial charge in [0, 0.05) is 36.1 Å². The van der Waals surface area contributed by atoms with Gasteiger partial charge < -0.3 is 15.6 Å². The number of aromatic nitrogens is 3. The van der Waals surface area contributed by atoms with Gasteiger partial charge in [0.15, 0.2) is 0 Å². The Morgan fingerprint density at radius 2 is 2.00 bits per heavy atom. The molecule has 1 aromatic carbocycles. The number of fused-ring (bicyclic) bond motifs is 1. The lowest BCUT2D eigenvalue weighted by atomic mass is 9.86. The predicted octanol–water partition coefficient (Wildman–Crippen LogP) is 2.01.